The van der Waals surface area contributed by atoms with E-state index in [1.165, 1.54) is 0 Å². The number of carbonyl (C=O) groups excluding carboxylic acids is 1. The van der Waals surface area contributed by atoms with E-state index in [0.29, 0.717) is 18.7 Å². The molecule has 0 aliphatic carbocycles. The summed E-state index contributed by atoms with van der Waals surface area (Å²) >= 11 is 0. The molecule has 0 spiro atoms. The number of hydrogen-bond acceptors (Lipinski definition) is 4. The van der Waals surface area contributed by atoms with Gasteiger partial charge in [-0.2, -0.15) is 0 Å². The Morgan fingerprint density at radius 3 is 2.75 bits per heavy atom. The van der Waals surface area contributed by atoms with Gasteiger partial charge in [-0.05, 0) is 20.3 Å². The fourth-order valence-electron chi connectivity index (χ4n) is 2.33. The van der Waals surface area contributed by atoms with E-state index in [2.05, 4.69) is 15.3 Å². The fraction of sp³-hybridized carbons (Fsp3) is 0.538. The molecule has 1 aliphatic heterocycles. The number of aliphatic carboxylic acids is 1. The molecule has 108 valence electrons. The number of urea groups is 1. The third-order valence-electron chi connectivity index (χ3n) is 3.59. The second-order valence-electron chi connectivity index (χ2n) is 4.98. The number of carboxylic acids is 1. The van der Waals surface area contributed by atoms with Crippen molar-refractivity contribution in [3.63, 3.8) is 0 Å². The number of nitrogens with zero attached hydrogens (tertiary/aromatic N) is 3. The number of aryl methyl sites for hydroxylation is 1. The van der Waals surface area contributed by atoms with Crippen LogP contribution < -0.4 is 5.32 Å². The molecule has 2 rings (SSSR count). The molecular formula is C13H18N4O3. The summed E-state index contributed by atoms with van der Waals surface area (Å²) in [7, 11) is 0. The average molecular weight is 278 g/mol. The largest absolute Gasteiger partial charge is 0.481 e. The molecule has 1 aromatic rings. The van der Waals surface area contributed by atoms with Crippen molar-refractivity contribution in [3.8, 4) is 0 Å². The lowest BCUT2D eigenvalue weighted by Crippen LogP contribution is -2.43. The van der Waals surface area contributed by atoms with Gasteiger partial charge in [-0.3, -0.25) is 14.8 Å². The van der Waals surface area contributed by atoms with E-state index in [4.69, 9.17) is 5.11 Å². The SMILES string of the molecule is Cc1cnc(CNC(=O)N2CCC(C(=O)O)C2C)cn1. The number of carbonyl (C=O) groups is 2. The van der Waals surface area contributed by atoms with Crippen molar-refractivity contribution < 1.29 is 14.7 Å². The maximum absolute atomic E-state index is 12.0. The number of amides is 2. The third-order valence-corrected chi connectivity index (χ3v) is 3.59. The van der Waals surface area contributed by atoms with Gasteiger partial charge in [-0.1, -0.05) is 0 Å². The molecule has 7 heteroatoms. The van der Waals surface area contributed by atoms with Crippen LogP contribution in [0.2, 0.25) is 0 Å². The molecule has 1 fully saturated rings. The van der Waals surface area contributed by atoms with Gasteiger partial charge in [0.1, 0.15) is 0 Å². The van der Waals surface area contributed by atoms with Gasteiger partial charge >= 0.3 is 12.0 Å². The lowest BCUT2D eigenvalue weighted by atomic mass is 10.0. The Morgan fingerprint density at radius 1 is 1.45 bits per heavy atom. The van der Waals surface area contributed by atoms with Crippen molar-refractivity contribution >= 4 is 12.0 Å². The van der Waals surface area contributed by atoms with Crippen LogP contribution >= 0.6 is 0 Å². The zero-order chi connectivity index (χ0) is 14.7. The van der Waals surface area contributed by atoms with E-state index in [9.17, 15) is 9.59 Å². The highest BCUT2D eigenvalue weighted by Gasteiger charge is 2.37. The number of likely N-dealkylation sites (tertiary alicyclic amines) is 1. The van der Waals surface area contributed by atoms with Crippen molar-refractivity contribution in [3.05, 3.63) is 23.8 Å². The molecule has 1 saturated heterocycles. The Balaban J connectivity index is 1.89. The fourth-order valence-corrected chi connectivity index (χ4v) is 2.33. The molecule has 0 saturated carbocycles. The smallest absolute Gasteiger partial charge is 0.317 e. The molecule has 20 heavy (non-hydrogen) atoms. The van der Waals surface area contributed by atoms with Gasteiger partial charge in [-0.25, -0.2) is 4.79 Å². The second kappa shape index (κ2) is 5.85. The van der Waals surface area contributed by atoms with Gasteiger partial charge in [0.05, 0.1) is 30.0 Å². The first kappa shape index (κ1) is 14.2. The highest BCUT2D eigenvalue weighted by atomic mass is 16.4. The summed E-state index contributed by atoms with van der Waals surface area (Å²) in [5.41, 5.74) is 1.49. The van der Waals surface area contributed by atoms with Crippen molar-refractivity contribution in [2.45, 2.75) is 32.9 Å². The molecule has 1 aromatic heterocycles. The molecule has 0 bridgehead atoms. The van der Waals surface area contributed by atoms with E-state index in [0.717, 1.165) is 5.69 Å². The van der Waals surface area contributed by atoms with Crippen LogP contribution in [-0.2, 0) is 11.3 Å². The predicted molar refractivity (Wildman–Crippen MR) is 70.9 cm³/mol. The van der Waals surface area contributed by atoms with Crippen LogP contribution in [0.1, 0.15) is 24.7 Å². The van der Waals surface area contributed by atoms with Crippen LogP contribution in [0.15, 0.2) is 12.4 Å². The molecule has 2 heterocycles. The zero-order valence-electron chi connectivity index (χ0n) is 11.5. The van der Waals surface area contributed by atoms with Crippen molar-refractivity contribution in [1.82, 2.24) is 20.2 Å². The average Bonchev–Trinajstić information content (AvgIpc) is 2.80. The monoisotopic (exact) mass is 278 g/mol. The Kier molecular flexibility index (Phi) is 4.16. The molecule has 2 unspecified atom stereocenters. The van der Waals surface area contributed by atoms with Gasteiger partial charge in [0.2, 0.25) is 0 Å². The summed E-state index contributed by atoms with van der Waals surface area (Å²) in [4.78, 5) is 32.9. The van der Waals surface area contributed by atoms with Crippen LogP contribution in [0.3, 0.4) is 0 Å². The van der Waals surface area contributed by atoms with Crippen LogP contribution in [0, 0.1) is 12.8 Å². The Morgan fingerprint density at radius 2 is 2.20 bits per heavy atom. The van der Waals surface area contributed by atoms with E-state index < -0.39 is 11.9 Å². The third kappa shape index (κ3) is 3.04. The van der Waals surface area contributed by atoms with Crippen LogP contribution in [0.25, 0.3) is 0 Å². The minimum Gasteiger partial charge on any atom is -0.481 e. The van der Waals surface area contributed by atoms with Crippen molar-refractivity contribution in [2.75, 3.05) is 6.54 Å². The Hall–Kier alpha value is -2.18. The number of nitrogens with one attached hydrogen (secondary N) is 1. The summed E-state index contributed by atoms with van der Waals surface area (Å²) in [5.74, 6) is -1.34. The normalized spacial score (nSPS) is 21.8. The molecule has 2 atom stereocenters. The van der Waals surface area contributed by atoms with Gasteiger partial charge in [0, 0.05) is 18.8 Å². The molecule has 0 radical (unpaired) electrons. The maximum Gasteiger partial charge on any atom is 0.317 e. The highest BCUT2D eigenvalue weighted by Crippen LogP contribution is 2.24. The molecule has 1 aliphatic rings. The minimum atomic E-state index is -0.850. The van der Waals surface area contributed by atoms with Gasteiger partial charge in [-0.15, -0.1) is 0 Å². The quantitative estimate of drug-likeness (QED) is 0.852. The minimum absolute atomic E-state index is 0.261. The van der Waals surface area contributed by atoms with Crippen LogP contribution in [0.4, 0.5) is 4.79 Å². The standard InChI is InChI=1S/C13H18N4O3/c1-8-5-15-10(6-14-8)7-16-13(20)17-4-3-11(9(17)2)12(18)19/h5-6,9,11H,3-4,7H2,1-2H3,(H,16,20)(H,18,19). The summed E-state index contributed by atoms with van der Waals surface area (Å²) in [5, 5.41) is 11.8. The molecular weight excluding hydrogens is 260 g/mol. The molecule has 2 amide bonds. The zero-order valence-corrected chi connectivity index (χ0v) is 11.5. The highest BCUT2D eigenvalue weighted by molar-refractivity contribution is 5.78. The summed E-state index contributed by atoms with van der Waals surface area (Å²) in [6, 6.07) is -0.555. The summed E-state index contributed by atoms with van der Waals surface area (Å²) in [6.45, 7) is 4.35. The number of rotatable bonds is 3. The van der Waals surface area contributed by atoms with E-state index in [1.54, 1.807) is 24.2 Å². The second-order valence-corrected chi connectivity index (χ2v) is 4.98. The maximum atomic E-state index is 12.0. The number of carboxylic acid groups (broad SMARTS) is 1. The summed E-state index contributed by atoms with van der Waals surface area (Å²) in [6.07, 6.45) is 3.75. The van der Waals surface area contributed by atoms with Gasteiger partial charge < -0.3 is 15.3 Å². The lowest BCUT2D eigenvalue weighted by molar-refractivity contribution is -0.142. The van der Waals surface area contributed by atoms with Crippen molar-refractivity contribution in [1.29, 1.82) is 0 Å². The molecule has 0 aromatic carbocycles. The van der Waals surface area contributed by atoms with Gasteiger partial charge in [0.25, 0.3) is 0 Å². The first-order valence-corrected chi connectivity index (χ1v) is 6.54. The topological polar surface area (TPSA) is 95.4 Å². The van der Waals surface area contributed by atoms with Gasteiger partial charge in [0.15, 0.2) is 0 Å². The molecule has 7 nitrogen and oxygen atoms in total. The van der Waals surface area contributed by atoms with Crippen LogP contribution in [-0.4, -0.2) is 44.6 Å². The first-order valence-electron chi connectivity index (χ1n) is 6.54. The Bertz CT molecular complexity index is 503. The number of aromatic nitrogens is 2. The lowest BCUT2D eigenvalue weighted by Gasteiger charge is -2.23. The summed E-state index contributed by atoms with van der Waals surface area (Å²) < 4.78 is 0. The Labute approximate surface area is 117 Å². The van der Waals surface area contributed by atoms with Crippen LogP contribution in [0.5, 0.6) is 0 Å². The predicted octanol–water partition coefficient (Wildman–Crippen LogP) is 0.790. The number of hydrogen-bond donors (Lipinski definition) is 2. The van der Waals surface area contributed by atoms with E-state index >= 15 is 0 Å². The van der Waals surface area contributed by atoms with E-state index in [-0.39, 0.29) is 18.6 Å². The molecule has 2 N–H and O–H groups in total. The first-order chi connectivity index (χ1) is 9.49. The van der Waals surface area contributed by atoms with Crippen molar-refractivity contribution in [2.24, 2.45) is 5.92 Å². The van der Waals surface area contributed by atoms with E-state index in [1.807, 2.05) is 6.92 Å².